The number of hydrogen-bond donors (Lipinski definition) is 0. The molecule has 0 fully saturated rings. The summed E-state index contributed by atoms with van der Waals surface area (Å²) in [6, 6.07) is 0. The lowest BCUT2D eigenvalue weighted by molar-refractivity contribution is -0.118. The predicted octanol–water partition coefficient (Wildman–Crippen LogP) is 1.80. The van der Waals surface area contributed by atoms with Crippen molar-refractivity contribution < 1.29 is 9.53 Å². The number of methoxy groups -OCH3 is 1. The van der Waals surface area contributed by atoms with Crippen molar-refractivity contribution in [2.24, 2.45) is 5.92 Å². The molecule has 0 saturated carbocycles. The minimum absolute atomic E-state index is 0.217. The molecule has 0 heterocycles. The van der Waals surface area contributed by atoms with Gasteiger partial charge in [0.05, 0.1) is 0 Å². The minimum Gasteiger partial charge on any atom is -0.384 e. The van der Waals surface area contributed by atoms with Crippen LogP contribution in [0.15, 0.2) is 12.7 Å². The van der Waals surface area contributed by atoms with Gasteiger partial charge in [-0.1, -0.05) is 6.08 Å². The smallest absolute Gasteiger partial charge is 0.130 e. The van der Waals surface area contributed by atoms with Crippen molar-refractivity contribution in [3.05, 3.63) is 12.7 Å². The van der Waals surface area contributed by atoms with Gasteiger partial charge in [-0.15, -0.1) is 6.58 Å². The average Bonchev–Trinajstić information content (AvgIpc) is 1.87. The molecule has 1 unspecified atom stereocenters. The van der Waals surface area contributed by atoms with Crippen LogP contribution in [-0.2, 0) is 9.53 Å². The Morgan fingerprint density at radius 3 is 2.73 bits per heavy atom. The Labute approximate surface area is 68.2 Å². The summed E-state index contributed by atoms with van der Waals surface area (Å²) in [5.74, 6) is 0.531. The van der Waals surface area contributed by atoms with E-state index in [4.69, 9.17) is 4.74 Å². The second-order valence-corrected chi connectivity index (χ2v) is 2.75. The standard InChI is InChI=1S/C9H16O2/c1-4-5-9(7-11-3)6-8(2)10/h4,9H,1,5-7H2,2-3H3. The highest BCUT2D eigenvalue weighted by atomic mass is 16.5. The summed E-state index contributed by atoms with van der Waals surface area (Å²) in [5, 5.41) is 0. The summed E-state index contributed by atoms with van der Waals surface area (Å²) in [4.78, 5) is 10.7. The molecule has 0 aliphatic rings. The van der Waals surface area contributed by atoms with Gasteiger partial charge in [-0.2, -0.15) is 0 Å². The van der Waals surface area contributed by atoms with Gasteiger partial charge >= 0.3 is 0 Å². The van der Waals surface area contributed by atoms with Gasteiger partial charge in [0.2, 0.25) is 0 Å². The fourth-order valence-corrected chi connectivity index (χ4v) is 1.09. The second-order valence-electron chi connectivity index (χ2n) is 2.75. The summed E-state index contributed by atoms with van der Waals surface area (Å²) in [5.41, 5.74) is 0. The first-order chi connectivity index (χ1) is 5.20. The van der Waals surface area contributed by atoms with E-state index in [1.165, 1.54) is 0 Å². The fourth-order valence-electron chi connectivity index (χ4n) is 1.09. The number of allylic oxidation sites excluding steroid dienone is 1. The number of Topliss-reactive ketones (excluding diaryl/α,β-unsaturated/α-hetero) is 1. The second kappa shape index (κ2) is 6.10. The van der Waals surface area contributed by atoms with Gasteiger partial charge in [-0.3, -0.25) is 0 Å². The van der Waals surface area contributed by atoms with E-state index in [9.17, 15) is 4.79 Å². The first-order valence-electron chi connectivity index (χ1n) is 3.80. The first kappa shape index (κ1) is 10.4. The van der Waals surface area contributed by atoms with E-state index in [1.54, 1.807) is 14.0 Å². The van der Waals surface area contributed by atoms with Crippen LogP contribution in [0.25, 0.3) is 0 Å². The third-order valence-corrected chi connectivity index (χ3v) is 1.48. The molecule has 2 nitrogen and oxygen atoms in total. The topological polar surface area (TPSA) is 26.3 Å². The quantitative estimate of drug-likeness (QED) is 0.548. The van der Waals surface area contributed by atoms with E-state index < -0.39 is 0 Å². The summed E-state index contributed by atoms with van der Waals surface area (Å²) in [7, 11) is 1.65. The Balaban J connectivity index is 3.67. The minimum atomic E-state index is 0.217. The Morgan fingerprint density at radius 1 is 1.73 bits per heavy atom. The highest BCUT2D eigenvalue weighted by Crippen LogP contribution is 2.09. The molecule has 0 rings (SSSR count). The maximum atomic E-state index is 10.7. The van der Waals surface area contributed by atoms with Crippen molar-refractivity contribution in [1.82, 2.24) is 0 Å². The molecule has 64 valence electrons. The van der Waals surface area contributed by atoms with E-state index in [1.807, 2.05) is 6.08 Å². The van der Waals surface area contributed by atoms with Crippen LogP contribution in [0, 0.1) is 5.92 Å². The molecule has 0 aromatic heterocycles. The predicted molar refractivity (Wildman–Crippen MR) is 45.5 cm³/mol. The van der Waals surface area contributed by atoms with Gasteiger partial charge in [0, 0.05) is 20.1 Å². The molecule has 0 bridgehead atoms. The lowest BCUT2D eigenvalue weighted by Crippen LogP contribution is -2.11. The van der Waals surface area contributed by atoms with Crippen molar-refractivity contribution in [3.8, 4) is 0 Å². The van der Waals surface area contributed by atoms with E-state index >= 15 is 0 Å². The molecule has 0 spiro atoms. The van der Waals surface area contributed by atoms with Gasteiger partial charge in [0.15, 0.2) is 0 Å². The van der Waals surface area contributed by atoms with Crippen LogP contribution in [0.5, 0.6) is 0 Å². The number of carbonyl (C=O) groups excluding carboxylic acids is 1. The molecular weight excluding hydrogens is 140 g/mol. The lowest BCUT2D eigenvalue weighted by atomic mass is 10.0. The van der Waals surface area contributed by atoms with Gasteiger partial charge in [-0.25, -0.2) is 0 Å². The van der Waals surface area contributed by atoms with E-state index in [0.29, 0.717) is 18.9 Å². The van der Waals surface area contributed by atoms with Crippen LogP contribution in [-0.4, -0.2) is 19.5 Å². The largest absolute Gasteiger partial charge is 0.384 e. The fraction of sp³-hybridized carbons (Fsp3) is 0.667. The normalized spacial score (nSPS) is 12.5. The maximum Gasteiger partial charge on any atom is 0.130 e. The van der Waals surface area contributed by atoms with E-state index in [-0.39, 0.29) is 5.78 Å². The van der Waals surface area contributed by atoms with Crippen LogP contribution in [0.1, 0.15) is 19.8 Å². The van der Waals surface area contributed by atoms with Gasteiger partial charge in [-0.05, 0) is 19.3 Å². The van der Waals surface area contributed by atoms with E-state index in [2.05, 4.69) is 6.58 Å². The van der Waals surface area contributed by atoms with Crippen molar-refractivity contribution in [3.63, 3.8) is 0 Å². The molecule has 2 heteroatoms. The maximum absolute atomic E-state index is 10.7. The molecule has 0 N–H and O–H groups in total. The Hall–Kier alpha value is -0.630. The SMILES string of the molecule is C=CCC(COC)CC(C)=O. The number of rotatable bonds is 6. The third kappa shape index (κ3) is 5.80. The highest BCUT2D eigenvalue weighted by molar-refractivity contribution is 5.75. The molecular formula is C9H16O2. The van der Waals surface area contributed by atoms with Crippen LogP contribution in [0.3, 0.4) is 0 Å². The third-order valence-electron chi connectivity index (χ3n) is 1.48. The molecule has 0 aromatic carbocycles. The number of ketones is 1. The number of hydrogen-bond acceptors (Lipinski definition) is 2. The lowest BCUT2D eigenvalue weighted by Gasteiger charge is -2.10. The molecule has 0 aliphatic carbocycles. The van der Waals surface area contributed by atoms with Gasteiger partial charge in [0.1, 0.15) is 5.78 Å². The van der Waals surface area contributed by atoms with Crippen LogP contribution < -0.4 is 0 Å². The Kier molecular flexibility index (Phi) is 5.75. The molecule has 0 radical (unpaired) electrons. The average molecular weight is 156 g/mol. The summed E-state index contributed by atoms with van der Waals surface area (Å²) >= 11 is 0. The van der Waals surface area contributed by atoms with Gasteiger partial charge < -0.3 is 9.53 Å². The number of carbonyl (C=O) groups is 1. The molecule has 11 heavy (non-hydrogen) atoms. The molecule has 0 aliphatic heterocycles. The van der Waals surface area contributed by atoms with Crippen LogP contribution in [0.4, 0.5) is 0 Å². The van der Waals surface area contributed by atoms with E-state index in [0.717, 1.165) is 6.42 Å². The van der Waals surface area contributed by atoms with Crippen LogP contribution in [0.2, 0.25) is 0 Å². The summed E-state index contributed by atoms with van der Waals surface area (Å²) < 4.78 is 4.96. The summed E-state index contributed by atoms with van der Waals surface area (Å²) in [6.07, 6.45) is 3.28. The van der Waals surface area contributed by atoms with Crippen molar-refractivity contribution in [2.75, 3.05) is 13.7 Å². The highest BCUT2D eigenvalue weighted by Gasteiger charge is 2.08. The molecule has 0 aromatic rings. The van der Waals surface area contributed by atoms with Crippen molar-refractivity contribution in [1.29, 1.82) is 0 Å². The van der Waals surface area contributed by atoms with Crippen molar-refractivity contribution >= 4 is 5.78 Å². The molecule has 0 saturated heterocycles. The summed E-state index contributed by atoms with van der Waals surface area (Å²) in [6.45, 7) is 5.87. The Bertz CT molecular complexity index is 130. The zero-order valence-corrected chi connectivity index (χ0v) is 7.30. The molecule has 1 atom stereocenters. The zero-order valence-electron chi connectivity index (χ0n) is 7.30. The van der Waals surface area contributed by atoms with Crippen LogP contribution >= 0.6 is 0 Å². The monoisotopic (exact) mass is 156 g/mol. The van der Waals surface area contributed by atoms with Crippen molar-refractivity contribution in [2.45, 2.75) is 19.8 Å². The zero-order chi connectivity index (χ0) is 8.69. The first-order valence-corrected chi connectivity index (χ1v) is 3.80. The molecule has 0 amide bonds. The Morgan fingerprint density at radius 2 is 2.36 bits per heavy atom. The number of ether oxygens (including phenoxy) is 1. The van der Waals surface area contributed by atoms with Gasteiger partial charge in [0.25, 0.3) is 0 Å².